The summed E-state index contributed by atoms with van der Waals surface area (Å²) in [5.41, 5.74) is 0.931. The highest BCUT2D eigenvalue weighted by Crippen LogP contribution is 2.25. The zero-order chi connectivity index (χ0) is 14.4. The first kappa shape index (κ1) is 14.6. The van der Waals surface area contributed by atoms with E-state index in [1.54, 1.807) is 0 Å². The first-order valence-corrected chi connectivity index (χ1v) is 7.21. The van der Waals surface area contributed by atoms with Crippen LogP contribution in [0.3, 0.4) is 0 Å². The van der Waals surface area contributed by atoms with E-state index in [0.29, 0.717) is 0 Å². The minimum atomic E-state index is -0.856. The topological polar surface area (TPSA) is 57.6 Å². The molecular formula is C16H21NO3. The molecule has 2 rings (SSSR count). The zero-order valence-corrected chi connectivity index (χ0v) is 11.6. The summed E-state index contributed by atoms with van der Waals surface area (Å²) >= 11 is 0. The number of carboxylic acids is 1. The number of carbonyl (C=O) groups is 2. The molecule has 1 fully saturated rings. The molecule has 1 aromatic rings. The van der Waals surface area contributed by atoms with Gasteiger partial charge in [-0.15, -0.1) is 0 Å². The highest BCUT2D eigenvalue weighted by atomic mass is 16.4. The number of likely N-dealkylation sites (tertiary alicyclic amines) is 1. The van der Waals surface area contributed by atoms with Crippen molar-refractivity contribution in [2.45, 2.75) is 38.0 Å². The Balaban J connectivity index is 2.03. The van der Waals surface area contributed by atoms with Crippen LogP contribution in [0.5, 0.6) is 0 Å². The van der Waals surface area contributed by atoms with Crippen LogP contribution < -0.4 is 0 Å². The van der Waals surface area contributed by atoms with Gasteiger partial charge >= 0.3 is 5.97 Å². The molecule has 0 saturated carbocycles. The van der Waals surface area contributed by atoms with Crippen molar-refractivity contribution >= 4 is 11.9 Å². The molecule has 108 valence electrons. The van der Waals surface area contributed by atoms with E-state index < -0.39 is 5.97 Å². The quantitative estimate of drug-likeness (QED) is 0.898. The SMILES string of the molecule is O=C(O)C[C@H](CC(=O)N1CCCCC1)c1ccccc1. The summed E-state index contributed by atoms with van der Waals surface area (Å²) in [7, 11) is 0. The predicted molar refractivity (Wildman–Crippen MR) is 76.5 cm³/mol. The van der Waals surface area contributed by atoms with Gasteiger partial charge in [0.1, 0.15) is 0 Å². The number of benzene rings is 1. The Morgan fingerprint density at radius 3 is 2.30 bits per heavy atom. The number of hydrogen-bond acceptors (Lipinski definition) is 2. The number of amides is 1. The van der Waals surface area contributed by atoms with Gasteiger partial charge in [-0.1, -0.05) is 30.3 Å². The van der Waals surface area contributed by atoms with Crippen LogP contribution in [0, 0.1) is 0 Å². The summed E-state index contributed by atoms with van der Waals surface area (Å²) in [6.45, 7) is 1.63. The predicted octanol–water partition coefficient (Wildman–Crippen LogP) is 2.65. The molecule has 1 amide bonds. The van der Waals surface area contributed by atoms with Gasteiger partial charge in [0.05, 0.1) is 6.42 Å². The second-order valence-corrected chi connectivity index (χ2v) is 5.35. The van der Waals surface area contributed by atoms with Gasteiger partial charge in [0.2, 0.25) is 5.91 Å². The van der Waals surface area contributed by atoms with Gasteiger partial charge in [-0.05, 0) is 24.8 Å². The molecule has 1 saturated heterocycles. The number of hydrogen-bond donors (Lipinski definition) is 1. The number of aliphatic carboxylic acids is 1. The fraction of sp³-hybridized carbons (Fsp3) is 0.500. The van der Waals surface area contributed by atoms with Gasteiger partial charge in [0.15, 0.2) is 0 Å². The molecule has 1 N–H and O–H groups in total. The number of rotatable bonds is 5. The Morgan fingerprint density at radius 1 is 1.05 bits per heavy atom. The lowest BCUT2D eigenvalue weighted by atomic mass is 9.91. The van der Waals surface area contributed by atoms with E-state index in [1.807, 2.05) is 35.2 Å². The maximum atomic E-state index is 12.3. The van der Waals surface area contributed by atoms with Crippen LogP contribution in [0.1, 0.15) is 43.6 Å². The summed E-state index contributed by atoms with van der Waals surface area (Å²) < 4.78 is 0. The number of nitrogens with zero attached hydrogens (tertiary/aromatic N) is 1. The summed E-state index contributed by atoms with van der Waals surface area (Å²) in [4.78, 5) is 25.2. The zero-order valence-electron chi connectivity index (χ0n) is 11.6. The van der Waals surface area contributed by atoms with Crippen LogP contribution in [-0.2, 0) is 9.59 Å². The Labute approximate surface area is 119 Å². The lowest BCUT2D eigenvalue weighted by Crippen LogP contribution is -2.36. The minimum Gasteiger partial charge on any atom is -0.481 e. The molecule has 4 nitrogen and oxygen atoms in total. The smallest absolute Gasteiger partial charge is 0.303 e. The summed E-state index contributed by atoms with van der Waals surface area (Å²) in [5.74, 6) is -1.01. The van der Waals surface area contributed by atoms with Crippen molar-refractivity contribution in [2.24, 2.45) is 0 Å². The summed E-state index contributed by atoms with van der Waals surface area (Å²) in [5, 5.41) is 9.04. The van der Waals surface area contributed by atoms with E-state index in [9.17, 15) is 9.59 Å². The third kappa shape index (κ3) is 4.08. The largest absolute Gasteiger partial charge is 0.481 e. The van der Waals surface area contributed by atoms with E-state index in [4.69, 9.17) is 5.11 Å². The maximum absolute atomic E-state index is 12.3. The van der Waals surface area contributed by atoms with E-state index in [1.165, 1.54) is 6.42 Å². The summed E-state index contributed by atoms with van der Waals surface area (Å²) in [6.07, 6.45) is 3.59. The molecule has 0 aromatic heterocycles. The maximum Gasteiger partial charge on any atom is 0.303 e. The van der Waals surface area contributed by atoms with Gasteiger partial charge in [0, 0.05) is 25.4 Å². The van der Waals surface area contributed by atoms with Gasteiger partial charge in [-0.2, -0.15) is 0 Å². The van der Waals surface area contributed by atoms with Crippen molar-refractivity contribution in [3.8, 4) is 0 Å². The molecule has 1 aliphatic heterocycles. The molecule has 20 heavy (non-hydrogen) atoms. The van der Waals surface area contributed by atoms with Crippen LogP contribution in [0.2, 0.25) is 0 Å². The van der Waals surface area contributed by atoms with Crippen molar-refractivity contribution in [1.29, 1.82) is 0 Å². The van der Waals surface area contributed by atoms with Crippen molar-refractivity contribution < 1.29 is 14.7 Å². The molecule has 0 radical (unpaired) electrons. The Hall–Kier alpha value is -1.84. The van der Waals surface area contributed by atoms with Crippen LogP contribution >= 0.6 is 0 Å². The fourth-order valence-electron chi connectivity index (χ4n) is 2.73. The number of carbonyl (C=O) groups excluding carboxylic acids is 1. The van der Waals surface area contributed by atoms with Crippen LogP contribution in [0.25, 0.3) is 0 Å². The molecular weight excluding hydrogens is 254 g/mol. The molecule has 0 aliphatic carbocycles. The highest BCUT2D eigenvalue weighted by molar-refractivity contribution is 5.78. The lowest BCUT2D eigenvalue weighted by molar-refractivity contribution is -0.138. The third-order valence-electron chi connectivity index (χ3n) is 3.82. The third-order valence-corrected chi connectivity index (χ3v) is 3.82. The minimum absolute atomic E-state index is 0.00356. The van der Waals surface area contributed by atoms with Gasteiger partial charge in [0.25, 0.3) is 0 Å². The van der Waals surface area contributed by atoms with Gasteiger partial charge in [-0.25, -0.2) is 0 Å². The molecule has 1 atom stereocenters. The molecule has 4 heteroatoms. The van der Waals surface area contributed by atoms with Crippen LogP contribution in [-0.4, -0.2) is 35.0 Å². The molecule has 1 aliphatic rings. The van der Waals surface area contributed by atoms with E-state index >= 15 is 0 Å². The average molecular weight is 275 g/mol. The lowest BCUT2D eigenvalue weighted by Gasteiger charge is -2.28. The monoisotopic (exact) mass is 275 g/mol. The van der Waals surface area contributed by atoms with Crippen LogP contribution in [0.15, 0.2) is 30.3 Å². The van der Waals surface area contributed by atoms with E-state index in [0.717, 1.165) is 31.5 Å². The standard InChI is InChI=1S/C16H21NO3/c18-15(17-9-5-2-6-10-17)11-14(12-16(19)20)13-7-3-1-4-8-13/h1,3-4,7-8,14H,2,5-6,9-12H2,(H,19,20)/t14-/m0/s1. The van der Waals surface area contributed by atoms with Crippen molar-refractivity contribution in [1.82, 2.24) is 4.90 Å². The van der Waals surface area contributed by atoms with E-state index in [2.05, 4.69) is 0 Å². The first-order valence-electron chi connectivity index (χ1n) is 7.21. The molecule has 0 unspecified atom stereocenters. The number of piperidine rings is 1. The van der Waals surface area contributed by atoms with Crippen molar-refractivity contribution in [3.63, 3.8) is 0 Å². The van der Waals surface area contributed by atoms with E-state index in [-0.39, 0.29) is 24.7 Å². The molecule has 1 heterocycles. The van der Waals surface area contributed by atoms with Gasteiger partial charge in [-0.3, -0.25) is 9.59 Å². The molecule has 1 aromatic carbocycles. The van der Waals surface area contributed by atoms with Gasteiger partial charge < -0.3 is 10.0 Å². The summed E-state index contributed by atoms with van der Waals surface area (Å²) in [6, 6.07) is 9.47. The second-order valence-electron chi connectivity index (χ2n) is 5.35. The van der Waals surface area contributed by atoms with Crippen LogP contribution in [0.4, 0.5) is 0 Å². The van der Waals surface area contributed by atoms with Crippen molar-refractivity contribution in [3.05, 3.63) is 35.9 Å². The Bertz CT molecular complexity index is 452. The highest BCUT2D eigenvalue weighted by Gasteiger charge is 2.23. The first-order chi connectivity index (χ1) is 9.66. The average Bonchev–Trinajstić information content (AvgIpc) is 2.48. The fourth-order valence-corrected chi connectivity index (χ4v) is 2.73. The Kier molecular flexibility index (Phi) is 5.16. The Morgan fingerprint density at radius 2 is 1.70 bits per heavy atom. The normalized spacial score (nSPS) is 16.7. The second kappa shape index (κ2) is 7.08. The molecule has 0 bridgehead atoms. The molecule has 0 spiro atoms. The number of carboxylic acid groups (broad SMARTS) is 1. The van der Waals surface area contributed by atoms with Crippen molar-refractivity contribution in [2.75, 3.05) is 13.1 Å².